The van der Waals surface area contributed by atoms with E-state index in [1.165, 1.54) is 0 Å². The number of methoxy groups -OCH3 is 1. The molecule has 0 amide bonds. The van der Waals surface area contributed by atoms with Gasteiger partial charge in [-0.1, -0.05) is 13.8 Å². The van der Waals surface area contributed by atoms with Crippen molar-refractivity contribution in [3.8, 4) is 0 Å². The molecule has 92 valence electrons. The second-order valence-electron chi connectivity index (χ2n) is 4.30. The van der Waals surface area contributed by atoms with Crippen molar-refractivity contribution >= 4 is 0 Å². The van der Waals surface area contributed by atoms with Crippen LogP contribution >= 0.6 is 0 Å². The highest BCUT2D eigenvalue weighted by Gasteiger charge is 2.11. The maximum absolute atomic E-state index is 5.18. The molecule has 1 aromatic rings. The zero-order valence-electron chi connectivity index (χ0n) is 10.4. The van der Waals surface area contributed by atoms with Crippen LogP contribution in [0.1, 0.15) is 26.1 Å². The first-order chi connectivity index (χ1) is 7.74. The smallest absolute Gasteiger partial charge is 0.137 e. The summed E-state index contributed by atoms with van der Waals surface area (Å²) in [4.78, 5) is 4.09. The first kappa shape index (κ1) is 13.1. The molecule has 1 rings (SSSR count). The molecule has 0 fully saturated rings. The molecule has 0 saturated heterocycles. The van der Waals surface area contributed by atoms with Gasteiger partial charge in [0, 0.05) is 19.6 Å². The number of aromatic nitrogens is 3. The van der Waals surface area contributed by atoms with Crippen molar-refractivity contribution in [1.29, 1.82) is 0 Å². The quantitative estimate of drug-likeness (QED) is 0.649. The fraction of sp³-hybridized carbons (Fsp3) is 0.818. The number of aryl methyl sites for hydroxylation is 1. The van der Waals surface area contributed by atoms with E-state index in [1.54, 1.807) is 13.4 Å². The third kappa shape index (κ3) is 4.72. The Balaban J connectivity index is 2.13. The molecular formula is C11H22N4O. The molecule has 0 aliphatic rings. The molecule has 16 heavy (non-hydrogen) atoms. The van der Waals surface area contributed by atoms with Crippen molar-refractivity contribution in [1.82, 2.24) is 20.5 Å². The predicted octanol–water partition coefficient (Wildman–Crippen LogP) is 0.998. The van der Waals surface area contributed by atoms with Gasteiger partial charge in [0.25, 0.3) is 0 Å². The van der Waals surface area contributed by atoms with Gasteiger partial charge in [0.05, 0.1) is 6.61 Å². The fourth-order valence-corrected chi connectivity index (χ4v) is 1.56. The van der Waals surface area contributed by atoms with Crippen LogP contribution in [0, 0.1) is 5.92 Å². The van der Waals surface area contributed by atoms with Crippen molar-refractivity contribution in [2.75, 3.05) is 20.3 Å². The van der Waals surface area contributed by atoms with E-state index in [2.05, 4.69) is 34.3 Å². The summed E-state index contributed by atoms with van der Waals surface area (Å²) in [6.07, 6.45) is 3.54. The minimum absolute atomic E-state index is 0.430. The van der Waals surface area contributed by atoms with E-state index in [0.717, 1.165) is 31.8 Å². The maximum Gasteiger partial charge on any atom is 0.137 e. The van der Waals surface area contributed by atoms with Gasteiger partial charge in [0.15, 0.2) is 0 Å². The molecule has 0 aromatic carbocycles. The molecule has 0 aliphatic heterocycles. The molecule has 0 saturated carbocycles. The molecule has 2 N–H and O–H groups in total. The summed E-state index contributed by atoms with van der Waals surface area (Å²) in [5.41, 5.74) is 0. The van der Waals surface area contributed by atoms with E-state index in [0.29, 0.717) is 12.0 Å². The lowest BCUT2D eigenvalue weighted by Gasteiger charge is -2.21. The van der Waals surface area contributed by atoms with Gasteiger partial charge in [-0.05, 0) is 18.9 Å². The zero-order chi connectivity index (χ0) is 11.8. The molecule has 0 bridgehead atoms. The van der Waals surface area contributed by atoms with Crippen molar-refractivity contribution in [2.45, 2.75) is 32.7 Å². The Kier molecular flexibility index (Phi) is 6.03. The average Bonchev–Trinajstić information content (AvgIpc) is 2.75. The van der Waals surface area contributed by atoms with Gasteiger partial charge in [0.1, 0.15) is 12.2 Å². The predicted molar refractivity (Wildman–Crippen MR) is 63.2 cm³/mol. The summed E-state index contributed by atoms with van der Waals surface area (Å²) >= 11 is 0. The lowest BCUT2D eigenvalue weighted by atomic mass is 10.1. The SMILES string of the molecule is COCC(NCCCc1ncn[nH]1)C(C)C. The second kappa shape index (κ2) is 7.35. The zero-order valence-corrected chi connectivity index (χ0v) is 10.4. The van der Waals surface area contributed by atoms with Crippen LogP contribution in [0.15, 0.2) is 6.33 Å². The van der Waals surface area contributed by atoms with Crippen molar-refractivity contribution in [3.05, 3.63) is 12.2 Å². The summed E-state index contributed by atoms with van der Waals surface area (Å²) in [5, 5.41) is 10.2. The third-order valence-electron chi connectivity index (χ3n) is 2.61. The Labute approximate surface area is 97.0 Å². The lowest BCUT2D eigenvalue weighted by Crippen LogP contribution is -2.38. The number of aromatic amines is 1. The van der Waals surface area contributed by atoms with E-state index < -0.39 is 0 Å². The molecule has 5 nitrogen and oxygen atoms in total. The van der Waals surface area contributed by atoms with Gasteiger partial charge in [0.2, 0.25) is 0 Å². The van der Waals surface area contributed by atoms with Crippen LogP contribution in [0.2, 0.25) is 0 Å². The number of nitrogens with zero attached hydrogens (tertiary/aromatic N) is 2. The first-order valence-corrected chi connectivity index (χ1v) is 5.80. The van der Waals surface area contributed by atoms with Gasteiger partial charge in [-0.25, -0.2) is 4.98 Å². The van der Waals surface area contributed by atoms with Crippen molar-refractivity contribution in [3.63, 3.8) is 0 Å². The molecule has 0 aliphatic carbocycles. The van der Waals surface area contributed by atoms with E-state index in [-0.39, 0.29) is 0 Å². The third-order valence-corrected chi connectivity index (χ3v) is 2.61. The number of nitrogens with one attached hydrogen (secondary N) is 2. The van der Waals surface area contributed by atoms with Crippen LogP contribution in [0.5, 0.6) is 0 Å². The van der Waals surface area contributed by atoms with Crippen molar-refractivity contribution < 1.29 is 4.74 Å². The Morgan fingerprint density at radius 1 is 1.50 bits per heavy atom. The summed E-state index contributed by atoms with van der Waals surface area (Å²) in [6, 6.07) is 0.430. The monoisotopic (exact) mass is 226 g/mol. The second-order valence-corrected chi connectivity index (χ2v) is 4.30. The molecule has 1 aromatic heterocycles. The highest BCUT2D eigenvalue weighted by Crippen LogP contribution is 2.02. The average molecular weight is 226 g/mol. The minimum atomic E-state index is 0.430. The largest absolute Gasteiger partial charge is 0.383 e. The number of hydrogen-bond donors (Lipinski definition) is 2. The number of ether oxygens (including phenoxy) is 1. The van der Waals surface area contributed by atoms with E-state index >= 15 is 0 Å². The highest BCUT2D eigenvalue weighted by atomic mass is 16.5. The van der Waals surface area contributed by atoms with Gasteiger partial charge in [-0.2, -0.15) is 5.10 Å². The number of hydrogen-bond acceptors (Lipinski definition) is 4. The summed E-state index contributed by atoms with van der Waals surface area (Å²) < 4.78 is 5.18. The van der Waals surface area contributed by atoms with Crippen LogP contribution in [0.25, 0.3) is 0 Å². The van der Waals surface area contributed by atoms with Crippen LogP contribution < -0.4 is 5.32 Å². The van der Waals surface area contributed by atoms with Crippen LogP contribution in [0.3, 0.4) is 0 Å². The summed E-state index contributed by atoms with van der Waals surface area (Å²) in [6.45, 7) is 6.15. The molecule has 5 heteroatoms. The van der Waals surface area contributed by atoms with Gasteiger partial charge in [-0.15, -0.1) is 0 Å². The Bertz CT molecular complexity index is 261. The standard InChI is InChI=1S/C11H22N4O/c1-9(2)10(7-16-3)12-6-4-5-11-13-8-14-15-11/h8-10,12H,4-7H2,1-3H3,(H,13,14,15). The van der Waals surface area contributed by atoms with E-state index in [4.69, 9.17) is 4.74 Å². The summed E-state index contributed by atoms with van der Waals surface area (Å²) in [7, 11) is 1.74. The lowest BCUT2D eigenvalue weighted by molar-refractivity contribution is 0.147. The molecule has 1 unspecified atom stereocenters. The molecule has 1 heterocycles. The van der Waals surface area contributed by atoms with Crippen LogP contribution in [-0.2, 0) is 11.2 Å². The fourth-order valence-electron chi connectivity index (χ4n) is 1.56. The molecule has 1 atom stereocenters. The first-order valence-electron chi connectivity index (χ1n) is 5.80. The molecule has 0 spiro atoms. The topological polar surface area (TPSA) is 62.8 Å². The van der Waals surface area contributed by atoms with Crippen LogP contribution in [0.4, 0.5) is 0 Å². The summed E-state index contributed by atoms with van der Waals surface area (Å²) in [5.74, 6) is 1.54. The Morgan fingerprint density at radius 2 is 2.31 bits per heavy atom. The Morgan fingerprint density at radius 3 is 2.88 bits per heavy atom. The maximum atomic E-state index is 5.18. The van der Waals surface area contributed by atoms with Gasteiger partial charge in [-0.3, -0.25) is 5.10 Å². The normalized spacial score (nSPS) is 13.2. The Hall–Kier alpha value is -0.940. The number of rotatable bonds is 8. The minimum Gasteiger partial charge on any atom is -0.383 e. The van der Waals surface area contributed by atoms with Crippen LogP contribution in [-0.4, -0.2) is 41.5 Å². The van der Waals surface area contributed by atoms with Gasteiger partial charge < -0.3 is 10.1 Å². The van der Waals surface area contributed by atoms with Crippen molar-refractivity contribution in [2.24, 2.45) is 5.92 Å². The molecular weight excluding hydrogens is 204 g/mol. The highest BCUT2D eigenvalue weighted by molar-refractivity contribution is 4.80. The van der Waals surface area contributed by atoms with E-state index in [1.807, 2.05) is 0 Å². The number of H-pyrrole nitrogens is 1. The molecule has 0 radical (unpaired) electrons. The van der Waals surface area contributed by atoms with E-state index in [9.17, 15) is 0 Å². The van der Waals surface area contributed by atoms with Gasteiger partial charge >= 0.3 is 0 Å².